The maximum atomic E-state index is 10.5. The third kappa shape index (κ3) is 4.48. The lowest BCUT2D eigenvalue weighted by Gasteiger charge is -2.26. The first kappa shape index (κ1) is 13.7. The van der Waals surface area contributed by atoms with Crippen LogP contribution in [-0.4, -0.2) is 41.0 Å². The summed E-state index contributed by atoms with van der Waals surface area (Å²) in [4.78, 5) is 16.6. The van der Waals surface area contributed by atoms with Gasteiger partial charge in [-0.05, 0) is 45.0 Å². The Morgan fingerprint density at radius 3 is 2.74 bits per heavy atom. The Bertz CT molecular complexity index is 402. The summed E-state index contributed by atoms with van der Waals surface area (Å²) >= 11 is 0. The number of hydrogen-bond donors (Lipinski definition) is 1. The molecule has 2 heterocycles. The van der Waals surface area contributed by atoms with E-state index in [1.807, 2.05) is 0 Å². The summed E-state index contributed by atoms with van der Waals surface area (Å²) in [5.74, 6) is 0.698. The molecule has 0 saturated carbocycles. The van der Waals surface area contributed by atoms with Crippen molar-refractivity contribution in [2.24, 2.45) is 0 Å². The molecule has 6 heteroatoms. The van der Waals surface area contributed by atoms with E-state index in [9.17, 15) is 10.1 Å². The molecule has 6 nitrogen and oxygen atoms in total. The van der Waals surface area contributed by atoms with Crippen molar-refractivity contribution in [2.75, 3.05) is 31.5 Å². The molecule has 0 spiro atoms. The average Bonchev–Trinajstić information content (AvgIpc) is 2.45. The number of likely N-dealkylation sites (tertiary alicyclic amines) is 1. The molecule has 0 aliphatic carbocycles. The maximum absolute atomic E-state index is 10.5. The number of nitrogens with one attached hydrogen (secondary N) is 1. The number of piperidine rings is 1. The number of nitrogens with zero attached hydrogens (tertiary/aromatic N) is 3. The Morgan fingerprint density at radius 2 is 2.11 bits per heavy atom. The Morgan fingerprint density at radius 1 is 1.32 bits per heavy atom. The molecule has 0 aromatic carbocycles. The number of pyridine rings is 1. The lowest BCUT2D eigenvalue weighted by molar-refractivity contribution is -0.385. The third-order valence-corrected chi connectivity index (χ3v) is 3.36. The van der Waals surface area contributed by atoms with Crippen LogP contribution in [0.4, 0.5) is 11.5 Å². The van der Waals surface area contributed by atoms with Crippen LogP contribution in [0, 0.1) is 10.1 Å². The van der Waals surface area contributed by atoms with Gasteiger partial charge in [-0.15, -0.1) is 0 Å². The van der Waals surface area contributed by atoms with Gasteiger partial charge in [0, 0.05) is 12.6 Å². The summed E-state index contributed by atoms with van der Waals surface area (Å²) in [5, 5.41) is 13.7. The van der Waals surface area contributed by atoms with E-state index in [-0.39, 0.29) is 5.69 Å². The molecule has 0 amide bonds. The highest BCUT2D eigenvalue weighted by Crippen LogP contribution is 2.12. The second-order valence-electron chi connectivity index (χ2n) is 4.84. The van der Waals surface area contributed by atoms with E-state index in [0.717, 1.165) is 19.5 Å². The zero-order valence-corrected chi connectivity index (χ0v) is 11.0. The van der Waals surface area contributed by atoms with Crippen LogP contribution in [0.25, 0.3) is 0 Å². The van der Waals surface area contributed by atoms with Crippen molar-refractivity contribution < 1.29 is 4.92 Å². The molecule has 1 N–H and O–H groups in total. The number of nitro groups is 1. The first-order chi connectivity index (χ1) is 9.25. The normalized spacial score (nSPS) is 16.2. The van der Waals surface area contributed by atoms with Crippen LogP contribution in [-0.2, 0) is 0 Å². The molecule has 1 aromatic rings. The molecule has 104 valence electrons. The molecule has 0 unspecified atom stereocenters. The molecular weight excluding hydrogens is 244 g/mol. The van der Waals surface area contributed by atoms with E-state index >= 15 is 0 Å². The quantitative estimate of drug-likeness (QED) is 0.485. The van der Waals surface area contributed by atoms with Gasteiger partial charge >= 0.3 is 0 Å². The summed E-state index contributed by atoms with van der Waals surface area (Å²) in [7, 11) is 0. The predicted molar refractivity (Wildman–Crippen MR) is 74.3 cm³/mol. The van der Waals surface area contributed by atoms with E-state index in [2.05, 4.69) is 15.2 Å². The van der Waals surface area contributed by atoms with Gasteiger partial charge in [0.25, 0.3) is 5.69 Å². The zero-order valence-electron chi connectivity index (χ0n) is 11.0. The molecule has 1 fully saturated rings. The van der Waals surface area contributed by atoms with E-state index in [4.69, 9.17) is 0 Å². The van der Waals surface area contributed by atoms with Gasteiger partial charge < -0.3 is 10.2 Å². The number of hydrogen-bond acceptors (Lipinski definition) is 5. The fraction of sp³-hybridized carbons (Fsp3) is 0.615. The molecular formula is C13H20N4O2. The predicted octanol–water partition coefficient (Wildman–Crippen LogP) is 2.28. The lowest BCUT2D eigenvalue weighted by atomic mass is 10.1. The Kier molecular flexibility index (Phi) is 5.09. The van der Waals surface area contributed by atoms with Crippen molar-refractivity contribution in [3.05, 3.63) is 28.4 Å². The van der Waals surface area contributed by atoms with Crippen molar-refractivity contribution in [1.82, 2.24) is 9.88 Å². The van der Waals surface area contributed by atoms with E-state index < -0.39 is 4.92 Å². The minimum Gasteiger partial charge on any atom is -0.370 e. The SMILES string of the molecule is O=[N+]([O-])c1ccc(NCCCN2CCCCC2)nc1. The fourth-order valence-electron chi connectivity index (χ4n) is 2.30. The average molecular weight is 264 g/mol. The highest BCUT2D eigenvalue weighted by Gasteiger charge is 2.09. The van der Waals surface area contributed by atoms with Crippen molar-refractivity contribution in [3.63, 3.8) is 0 Å². The maximum Gasteiger partial charge on any atom is 0.287 e. The minimum atomic E-state index is -0.437. The lowest BCUT2D eigenvalue weighted by Crippen LogP contribution is -2.31. The van der Waals surface area contributed by atoms with Crippen LogP contribution < -0.4 is 5.32 Å². The van der Waals surface area contributed by atoms with Gasteiger partial charge in [-0.1, -0.05) is 6.42 Å². The summed E-state index contributed by atoms with van der Waals surface area (Å²) in [6.45, 7) is 4.40. The monoisotopic (exact) mass is 264 g/mol. The van der Waals surface area contributed by atoms with Crippen LogP contribution in [0.1, 0.15) is 25.7 Å². The number of aromatic nitrogens is 1. The molecule has 0 bridgehead atoms. The van der Waals surface area contributed by atoms with Gasteiger partial charge in [0.2, 0.25) is 0 Å². The molecule has 0 radical (unpaired) electrons. The molecule has 1 aliphatic rings. The summed E-state index contributed by atoms with van der Waals surface area (Å²) in [6, 6.07) is 3.12. The second-order valence-corrected chi connectivity index (χ2v) is 4.84. The van der Waals surface area contributed by atoms with Crippen LogP contribution in [0.15, 0.2) is 18.3 Å². The third-order valence-electron chi connectivity index (χ3n) is 3.36. The van der Waals surface area contributed by atoms with Crippen molar-refractivity contribution in [2.45, 2.75) is 25.7 Å². The molecule has 2 rings (SSSR count). The summed E-state index contributed by atoms with van der Waals surface area (Å²) in [6.07, 6.45) is 6.35. The first-order valence-electron chi connectivity index (χ1n) is 6.82. The van der Waals surface area contributed by atoms with Crippen molar-refractivity contribution in [3.8, 4) is 0 Å². The fourth-order valence-corrected chi connectivity index (χ4v) is 2.30. The Balaban J connectivity index is 1.66. The topological polar surface area (TPSA) is 71.3 Å². The van der Waals surface area contributed by atoms with Crippen LogP contribution in [0.2, 0.25) is 0 Å². The zero-order chi connectivity index (χ0) is 13.5. The van der Waals surface area contributed by atoms with E-state index in [1.54, 1.807) is 6.07 Å². The molecule has 19 heavy (non-hydrogen) atoms. The van der Waals surface area contributed by atoms with E-state index in [1.165, 1.54) is 44.6 Å². The number of anilines is 1. The van der Waals surface area contributed by atoms with Gasteiger partial charge in [0.15, 0.2) is 0 Å². The Labute approximate surface area is 113 Å². The van der Waals surface area contributed by atoms with Crippen molar-refractivity contribution in [1.29, 1.82) is 0 Å². The standard InChI is InChI=1S/C13H20N4O2/c18-17(19)12-5-6-13(15-11-12)14-7-4-10-16-8-2-1-3-9-16/h5-6,11H,1-4,7-10H2,(H,14,15). The highest BCUT2D eigenvalue weighted by molar-refractivity contribution is 5.39. The van der Waals surface area contributed by atoms with E-state index in [0.29, 0.717) is 5.82 Å². The van der Waals surface area contributed by atoms with Gasteiger partial charge in [-0.2, -0.15) is 0 Å². The molecule has 1 saturated heterocycles. The first-order valence-corrected chi connectivity index (χ1v) is 6.82. The summed E-state index contributed by atoms with van der Waals surface area (Å²) in [5.41, 5.74) is 0.0267. The van der Waals surface area contributed by atoms with Gasteiger partial charge in [-0.25, -0.2) is 4.98 Å². The van der Waals surface area contributed by atoms with Crippen LogP contribution in [0.5, 0.6) is 0 Å². The number of rotatable bonds is 6. The largest absolute Gasteiger partial charge is 0.370 e. The highest BCUT2D eigenvalue weighted by atomic mass is 16.6. The van der Waals surface area contributed by atoms with Crippen LogP contribution >= 0.6 is 0 Å². The van der Waals surface area contributed by atoms with Gasteiger partial charge in [0.05, 0.1) is 4.92 Å². The minimum absolute atomic E-state index is 0.0267. The molecule has 1 aromatic heterocycles. The Hall–Kier alpha value is -1.69. The van der Waals surface area contributed by atoms with Crippen molar-refractivity contribution >= 4 is 11.5 Å². The smallest absolute Gasteiger partial charge is 0.287 e. The van der Waals surface area contributed by atoms with Gasteiger partial charge in [-0.3, -0.25) is 10.1 Å². The molecule has 1 aliphatic heterocycles. The van der Waals surface area contributed by atoms with Crippen LogP contribution in [0.3, 0.4) is 0 Å². The molecule has 0 atom stereocenters. The second kappa shape index (κ2) is 7.04. The van der Waals surface area contributed by atoms with Gasteiger partial charge in [0.1, 0.15) is 12.0 Å². The summed E-state index contributed by atoms with van der Waals surface area (Å²) < 4.78 is 0.